The van der Waals surface area contributed by atoms with Crippen LogP contribution in [-0.2, 0) is 9.53 Å². The number of rotatable bonds is 7. The predicted molar refractivity (Wildman–Crippen MR) is 80.3 cm³/mol. The summed E-state index contributed by atoms with van der Waals surface area (Å²) in [6.45, 7) is 13.2. The molecule has 4 nitrogen and oxygen atoms in total. The van der Waals surface area contributed by atoms with Gasteiger partial charge in [0.15, 0.2) is 0 Å². The molecule has 19 heavy (non-hydrogen) atoms. The van der Waals surface area contributed by atoms with Crippen molar-refractivity contribution in [1.82, 2.24) is 9.80 Å². The molecule has 1 rings (SSSR count). The van der Waals surface area contributed by atoms with Gasteiger partial charge in [0.2, 0.25) is 6.41 Å². The lowest BCUT2D eigenvalue weighted by molar-refractivity contribution is -0.120. The number of likely N-dealkylation sites (N-methyl/N-ethyl adjacent to an activating group) is 1. The molecule has 0 aliphatic carbocycles. The van der Waals surface area contributed by atoms with E-state index < -0.39 is 0 Å². The summed E-state index contributed by atoms with van der Waals surface area (Å²) in [7, 11) is 1.80. The lowest BCUT2D eigenvalue weighted by Crippen LogP contribution is -2.47. The quantitative estimate of drug-likeness (QED) is 0.666. The lowest BCUT2D eigenvalue weighted by Gasteiger charge is -2.34. The van der Waals surface area contributed by atoms with E-state index in [4.69, 9.17) is 4.74 Å². The Morgan fingerprint density at radius 3 is 2.68 bits per heavy atom. The van der Waals surface area contributed by atoms with Gasteiger partial charge in [-0.1, -0.05) is 27.7 Å². The van der Waals surface area contributed by atoms with Crippen LogP contribution in [0.1, 0.15) is 40.5 Å². The minimum atomic E-state index is 0.179. The second kappa shape index (κ2) is 11.2. The van der Waals surface area contributed by atoms with Gasteiger partial charge in [0.1, 0.15) is 0 Å². The average Bonchev–Trinajstić information content (AvgIpc) is 2.41. The zero-order chi connectivity index (χ0) is 14.7. The predicted octanol–water partition coefficient (Wildman–Crippen LogP) is 2.24. The first-order valence-electron chi connectivity index (χ1n) is 7.61. The highest BCUT2D eigenvalue weighted by molar-refractivity contribution is 5.46. The molecular weight excluding hydrogens is 240 g/mol. The van der Waals surface area contributed by atoms with Crippen LogP contribution in [0, 0.1) is 5.92 Å². The number of morpholine rings is 1. The molecule has 0 aromatic rings. The molecule has 0 N–H and O–H groups in total. The van der Waals surface area contributed by atoms with Gasteiger partial charge >= 0.3 is 0 Å². The van der Waals surface area contributed by atoms with Crippen LogP contribution in [-0.4, -0.2) is 62.1 Å². The summed E-state index contributed by atoms with van der Waals surface area (Å²) < 4.78 is 5.67. The second-order valence-electron chi connectivity index (χ2n) is 5.37. The first-order valence-corrected chi connectivity index (χ1v) is 7.61. The smallest absolute Gasteiger partial charge is 0.209 e. The van der Waals surface area contributed by atoms with E-state index in [0.717, 1.165) is 38.6 Å². The van der Waals surface area contributed by atoms with Crippen LogP contribution >= 0.6 is 0 Å². The number of carbonyl (C=O) groups is 1. The minimum absolute atomic E-state index is 0.179. The van der Waals surface area contributed by atoms with Gasteiger partial charge in [-0.15, -0.1) is 0 Å². The second-order valence-corrected chi connectivity index (χ2v) is 5.37. The Bertz CT molecular complexity index is 222. The highest BCUT2D eigenvalue weighted by Gasteiger charge is 2.20. The summed E-state index contributed by atoms with van der Waals surface area (Å²) in [6.07, 6.45) is 3.59. The van der Waals surface area contributed by atoms with Crippen molar-refractivity contribution in [3.63, 3.8) is 0 Å². The fraction of sp³-hybridized carbons (Fsp3) is 0.933. The summed E-state index contributed by atoms with van der Waals surface area (Å²) in [5.74, 6) is 0.785. The first-order chi connectivity index (χ1) is 9.11. The third-order valence-electron chi connectivity index (χ3n) is 3.15. The largest absolute Gasteiger partial charge is 0.374 e. The van der Waals surface area contributed by atoms with Crippen LogP contribution < -0.4 is 0 Å². The molecule has 1 saturated heterocycles. The lowest BCUT2D eigenvalue weighted by atomic mass is 10.1. The molecule has 1 amide bonds. The number of ether oxygens (including phenoxy) is 1. The topological polar surface area (TPSA) is 32.8 Å². The minimum Gasteiger partial charge on any atom is -0.374 e. The van der Waals surface area contributed by atoms with Crippen LogP contribution in [0.2, 0.25) is 0 Å². The number of amides is 1. The summed E-state index contributed by atoms with van der Waals surface area (Å²) in [5.41, 5.74) is 0. The fourth-order valence-electron chi connectivity index (χ4n) is 2.18. The van der Waals surface area contributed by atoms with Crippen molar-refractivity contribution in [2.24, 2.45) is 5.92 Å². The van der Waals surface area contributed by atoms with E-state index in [2.05, 4.69) is 18.7 Å². The molecule has 0 aromatic heterocycles. The zero-order valence-electron chi connectivity index (χ0n) is 13.4. The highest BCUT2D eigenvalue weighted by atomic mass is 16.5. The van der Waals surface area contributed by atoms with Crippen LogP contribution in [0.3, 0.4) is 0 Å². The Hall–Kier alpha value is -0.610. The SMILES string of the molecule is CC.CC(C)CCCN1CCOC(CN(C)C=O)C1. The highest BCUT2D eigenvalue weighted by Crippen LogP contribution is 2.09. The molecule has 0 bridgehead atoms. The molecule has 4 heteroatoms. The van der Waals surface area contributed by atoms with Crippen molar-refractivity contribution < 1.29 is 9.53 Å². The molecule has 0 saturated carbocycles. The van der Waals surface area contributed by atoms with Gasteiger partial charge in [-0.25, -0.2) is 0 Å². The summed E-state index contributed by atoms with van der Waals surface area (Å²) in [6, 6.07) is 0. The van der Waals surface area contributed by atoms with E-state index in [1.807, 2.05) is 13.8 Å². The third-order valence-corrected chi connectivity index (χ3v) is 3.15. The molecule has 1 aliphatic heterocycles. The third kappa shape index (κ3) is 9.00. The Morgan fingerprint density at radius 1 is 1.42 bits per heavy atom. The van der Waals surface area contributed by atoms with Crippen molar-refractivity contribution in [3.05, 3.63) is 0 Å². The molecule has 0 aromatic carbocycles. The van der Waals surface area contributed by atoms with Gasteiger partial charge in [0, 0.05) is 26.7 Å². The standard InChI is InChI=1S/C13H26N2O2.C2H6/c1-12(2)5-4-6-15-7-8-17-13(10-15)9-14(3)11-16;1-2/h11-13H,4-10H2,1-3H3;1-2H3. The Labute approximate surface area is 119 Å². The maximum atomic E-state index is 10.6. The first kappa shape index (κ1) is 18.4. The van der Waals surface area contributed by atoms with E-state index in [1.54, 1.807) is 11.9 Å². The van der Waals surface area contributed by atoms with Crippen LogP contribution in [0.15, 0.2) is 0 Å². The van der Waals surface area contributed by atoms with E-state index in [-0.39, 0.29) is 6.10 Å². The summed E-state index contributed by atoms with van der Waals surface area (Å²) >= 11 is 0. The molecule has 0 radical (unpaired) electrons. The molecule has 1 atom stereocenters. The summed E-state index contributed by atoms with van der Waals surface area (Å²) in [5, 5.41) is 0. The zero-order valence-corrected chi connectivity index (χ0v) is 13.4. The normalized spacial score (nSPS) is 19.8. The maximum absolute atomic E-state index is 10.6. The molecular formula is C15H32N2O2. The van der Waals surface area contributed by atoms with Crippen LogP contribution in [0.5, 0.6) is 0 Å². The van der Waals surface area contributed by atoms with E-state index in [9.17, 15) is 4.79 Å². The van der Waals surface area contributed by atoms with E-state index >= 15 is 0 Å². The van der Waals surface area contributed by atoms with Crippen molar-refractivity contribution in [3.8, 4) is 0 Å². The molecule has 1 aliphatic rings. The van der Waals surface area contributed by atoms with Gasteiger partial charge in [0.25, 0.3) is 0 Å². The molecule has 0 spiro atoms. The van der Waals surface area contributed by atoms with E-state index in [0.29, 0.717) is 6.54 Å². The molecule has 1 heterocycles. The number of hydrogen-bond donors (Lipinski definition) is 0. The average molecular weight is 272 g/mol. The van der Waals surface area contributed by atoms with Crippen molar-refractivity contribution >= 4 is 6.41 Å². The van der Waals surface area contributed by atoms with Gasteiger partial charge < -0.3 is 9.64 Å². The van der Waals surface area contributed by atoms with Gasteiger partial charge in [-0.3, -0.25) is 9.69 Å². The molecule has 1 fully saturated rings. The number of carbonyl (C=O) groups excluding carboxylic acids is 1. The molecule has 1 unspecified atom stereocenters. The summed E-state index contributed by atoms with van der Waals surface area (Å²) in [4.78, 5) is 14.7. The number of hydrogen-bond acceptors (Lipinski definition) is 3. The Morgan fingerprint density at radius 2 is 2.11 bits per heavy atom. The monoisotopic (exact) mass is 272 g/mol. The van der Waals surface area contributed by atoms with Crippen molar-refractivity contribution in [2.45, 2.75) is 46.6 Å². The number of nitrogens with zero attached hydrogens (tertiary/aromatic N) is 2. The van der Waals surface area contributed by atoms with Crippen molar-refractivity contribution in [1.29, 1.82) is 0 Å². The maximum Gasteiger partial charge on any atom is 0.209 e. The van der Waals surface area contributed by atoms with E-state index in [1.165, 1.54) is 12.8 Å². The Balaban J connectivity index is 0.00000154. The van der Waals surface area contributed by atoms with Gasteiger partial charge in [-0.2, -0.15) is 0 Å². The van der Waals surface area contributed by atoms with Crippen molar-refractivity contribution in [2.75, 3.05) is 39.8 Å². The molecule has 114 valence electrons. The van der Waals surface area contributed by atoms with Gasteiger partial charge in [0.05, 0.1) is 12.7 Å². The van der Waals surface area contributed by atoms with Crippen LogP contribution in [0.4, 0.5) is 0 Å². The van der Waals surface area contributed by atoms with Gasteiger partial charge in [-0.05, 0) is 25.3 Å². The Kier molecular flexibility index (Phi) is 10.9. The van der Waals surface area contributed by atoms with Crippen LogP contribution in [0.25, 0.3) is 0 Å². The fourth-order valence-corrected chi connectivity index (χ4v) is 2.18.